The van der Waals surface area contributed by atoms with E-state index in [-0.39, 0.29) is 5.41 Å². The maximum atomic E-state index is 8.82. The molecule has 0 radical (unpaired) electrons. The fourth-order valence-electron chi connectivity index (χ4n) is 3.05. The largest absolute Gasteiger partial charge is 0.496 e. The fraction of sp³-hybridized carbons (Fsp3) is 0.333. The predicted octanol–water partition coefficient (Wildman–Crippen LogP) is 3.50. The number of ether oxygens (including phenoxy) is 1. The molecule has 0 aliphatic heterocycles. The summed E-state index contributed by atoms with van der Waals surface area (Å²) in [6, 6.07) is 14.0. The average molecular weight is 293 g/mol. The maximum Gasteiger partial charge on any atom is 0.125 e. The quantitative estimate of drug-likeness (QED) is 0.916. The highest BCUT2D eigenvalue weighted by Crippen LogP contribution is 2.47. The third-order valence-corrected chi connectivity index (χ3v) is 4.49. The van der Waals surface area contributed by atoms with Crippen molar-refractivity contribution < 1.29 is 4.74 Å². The number of nitrogens with one attached hydrogen (secondary N) is 1. The molecule has 4 heteroatoms. The van der Waals surface area contributed by atoms with Gasteiger partial charge in [-0.15, -0.1) is 0 Å². The topological polar surface area (TPSA) is 57.9 Å². The van der Waals surface area contributed by atoms with E-state index in [1.807, 2.05) is 18.2 Å². The van der Waals surface area contributed by atoms with Gasteiger partial charge >= 0.3 is 0 Å². The summed E-state index contributed by atoms with van der Waals surface area (Å²) in [5.74, 6) is 1.76. The number of hydrogen-bond donors (Lipinski definition) is 1. The Hall–Kier alpha value is -2.54. The van der Waals surface area contributed by atoms with Crippen molar-refractivity contribution in [1.82, 2.24) is 4.98 Å². The van der Waals surface area contributed by atoms with Crippen molar-refractivity contribution in [2.75, 3.05) is 19.0 Å². The van der Waals surface area contributed by atoms with E-state index < -0.39 is 0 Å². The summed E-state index contributed by atoms with van der Waals surface area (Å²) < 4.78 is 5.53. The van der Waals surface area contributed by atoms with Crippen molar-refractivity contribution in [3.63, 3.8) is 0 Å². The Kier molecular flexibility index (Phi) is 3.97. The zero-order valence-electron chi connectivity index (χ0n) is 12.7. The second-order valence-corrected chi connectivity index (χ2v) is 5.73. The van der Waals surface area contributed by atoms with Crippen LogP contribution in [0.2, 0.25) is 0 Å². The number of pyridine rings is 1. The SMILES string of the molecule is COc1ccccc1C1(CNc2ccc(C#N)cn2)CCC1. The molecule has 1 N–H and O–H groups in total. The van der Waals surface area contributed by atoms with Gasteiger partial charge in [0.05, 0.1) is 12.7 Å². The molecule has 4 nitrogen and oxygen atoms in total. The van der Waals surface area contributed by atoms with Crippen molar-refractivity contribution in [2.45, 2.75) is 24.7 Å². The van der Waals surface area contributed by atoms with Crippen LogP contribution in [0.4, 0.5) is 5.82 Å². The Labute approximate surface area is 130 Å². The molecule has 0 spiro atoms. The minimum Gasteiger partial charge on any atom is -0.496 e. The minimum absolute atomic E-state index is 0.113. The van der Waals surface area contributed by atoms with Crippen LogP contribution in [-0.2, 0) is 5.41 Å². The molecule has 112 valence electrons. The van der Waals surface area contributed by atoms with Crippen LogP contribution in [0, 0.1) is 11.3 Å². The van der Waals surface area contributed by atoms with Gasteiger partial charge in [-0.2, -0.15) is 5.26 Å². The van der Waals surface area contributed by atoms with Crippen molar-refractivity contribution in [1.29, 1.82) is 5.26 Å². The highest BCUT2D eigenvalue weighted by atomic mass is 16.5. The van der Waals surface area contributed by atoms with E-state index in [0.29, 0.717) is 5.56 Å². The molecular weight excluding hydrogens is 274 g/mol. The minimum atomic E-state index is 0.113. The first-order valence-electron chi connectivity index (χ1n) is 7.51. The van der Waals surface area contributed by atoms with Gasteiger partial charge in [0.2, 0.25) is 0 Å². The van der Waals surface area contributed by atoms with Crippen molar-refractivity contribution in [2.24, 2.45) is 0 Å². The Bertz CT molecular complexity index is 684. The van der Waals surface area contributed by atoms with Gasteiger partial charge in [-0.25, -0.2) is 4.98 Å². The van der Waals surface area contributed by atoms with Gasteiger partial charge in [-0.1, -0.05) is 24.6 Å². The molecule has 1 aliphatic carbocycles. The number of nitriles is 1. The van der Waals surface area contributed by atoms with E-state index in [9.17, 15) is 0 Å². The van der Waals surface area contributed by atoms with Gasteiger partial charge in [-0.3, -0.25) is 0 Å². The molecule has 0 amide bonds. The molecule has 0 unspecified atom stereocenters. The highest BCUT2D eigenvalue weighted by molar-refractivity contribution is 5.45. The van der Waals surface area contributed by atoms with Gasteiger partial charge in [0, 0.05) is 23.7 Å². The van der Waals surface area contributed by atoms with Gasteiger partial charge in [0.1, 0.15) is 17.6 Å². The van der Waals surface area contributed by atoms with Crippen LogP contribution in [0.3, 0.4) is 0 Å². The number of para-hydroxylation sites is 1. The first kappa shape index (κ1) is 14.4. The Morgan fingerprint density at radius 1 is 1.27 bits per heavy atom. The number of hydrogen-bond acceptors (Lipinski definition) is 4. The third kappa shape index (κ3) is 2.62. The van der Waals surface area contributed by atoms with Crippen LogP contribution in [0.15, 0.2) is 42.6 Å². The molecule has 1 saturated carbocycles. The molecule has 22 heavy (non-hydrogen) atoms. The molecule has 1 aliphatic rings. The lowest BCUT2D eigenvalue weighted by Crippen LogP contribution is -2.41. The predicted molar refractivity (Wildman–Crippen MR) is 86.0 cm³/mol. The summed E-state index contributed by atoms with van der Waals surface area (Å²) in [4.78, 5) is 4.28. The smallest absolute Gasteiger partial charge is 0.125 e. The highest BCUT2D eigenvalue weighted by Gasteiger charge is 2.40. The molecule has 1 aromatic heterocycles. The average Bonchev–Trinajstić information content (AvgIpc) is 2.55. The standard InChI is InChI=1S/C18H19N3O/c1-22-16-6-3-2-5-15(16)18(9-4-10-18)13-21-17-8-7-14(11-19)12-20-17/h2-3,5-8,12H,4,9-10,13H2,1H3,(H,20,21). The van der Waals surface area contributed by atoms with Crippen LogP contribution >= 0.6 is 0 Å². The number of methoxy groups -OCH3 is 1. The Morgan fingerprint density at radius 3 is 2.68 bits per heavy atom. The molecule has 1 aromatic carbocycles. The lowest BCUT2D eigenvalue weighted by Gasteiger charge is -2.43. The zero-order chi connectivity index (χ0) is 15.4. The van der Waals surface area contributed by atoms with E-state index in [1.54, 1.807) is 19.4 Å². The first-order chi connectivity index (χ1) is 10.8. The lowest BCUT2D eigenvalue weighted by molar-refractivity contribution is 0.250. The van der Waals surface area contributed by atoms with E-state index in [2.05, 4.69) is 28.5 Å². The molecule has 0 atom stereocenters. The molecule has 0 bridgehead atoms. The van der Waals surface area contributed by atoms with Crippen LogP contribution in [0.5, 0.6) is 5.75 Å². The molecule has 3 rings (SSSR count). The monoisotopic (exact) mass is 293 g/mol. The number of aromatic nitrogens is 1. The molecule has 2 aromatic rings. The number of benzene rings is 1. The van der Waals surface area contributed by atoms with Crippen LogP contribution in [0.25, 0.3) is 0 Å². The molecule has 1 fully saturated rings. The Morgan fingerprint density at radius 2 is 2.09 bits per heavy atom. The van der Waals surface area contributed by atoms with Crippen molar-refractivity contribution in [3.05, 3.63) is 53.7 Å². The first-order valence-corrected chi connectivity index (χ1v) is 7.51. The second-order valence-electron chi connectivity index (χ2n) is 5.73. The molecular formula is C18H19N3O. The Balaban J connectivity index is 1.77. The summed E-state index contributed by atoms with van der Waals surface area (Å²) in [6.45, 7) is 0.826. The van der Waals surface area contributed by atoms with E-state index in [1.165, 1.54) is 12.0 Å². The van der Waals surface area contributed by atoms with E-state index in [4.69, 9.17) is 10.00 Å². The second kappa shape index (κ2) is 6.07. The summed E-state index contributed by atoms with van der Waals surface area (Å²) in [6.07, 6.45) is 5.13. The van der Waals surface area contributed by atoms with Gasteiger partial charge in [0.15, 0.2) is 0 Å². The fourth-order valence-corrected chi connectivity index (χ4v) is 3.05. The van der Waals surface area contributed by atoms with Crippen molar-refractivity contribution >= 4 is 5.82 Å². The lowest BCUT2D eigenvalue weighted by atomic mass is 9.64. The van der Waals surface area contributed by atoms with Gasteiger partial charge in [-0.05, 0) is 31.0 Å². The van der Waals surface area contributed by atoms with E-state index >= 15 is 0 Å². The van der Waals surface area contributed by atoms with Crippen LogP contribution < -0.4 is 10.1 Å². The summed E-state index contributed by atoms with van der Waals surface area (Å²) >= 11 is 0. The molecule has 0 saturated heterocycles. The molecule has 1 heterocycles. The van der Waals surface area contributed by atoms with Gasteiger partial charge in [0.25, 0.3) is 0 Å². The number of nitrogens with zero attached hydrogens (tertiary/aromatic N) is 2. The van der Waals surface area contributed by atoms with Crippen LogP contribution in [0.1, 0.15) is 30.4 Å². The number of anilines is 1. The normalized spacial score (nSPS) is 15.5. The zero-order valence-corrected chi connectivity index (χ0v) is 12.7. The third-order valence-electron chi connectivity index (χ3n) is 4.49. The summed E-state index contributed by atoms with van der Waals surface area (Å²) in [7, 11) is 1.72. The number of rotatable bonds is 5. The van der Waals surface area contributed by atoms with E-state index in [0.717, 1.165) is 31.0 Å². The summed E-state index contributed by atoms with van der Waals surface area (Å²) in [5, 5.41) is 12.2. The van der Waals surface area contributed by atoms with Gasteiger partial charge < -0.3 is 10.1 Å². The summed E-state index contributed by atoms with van der Waals surface area (Å²) in [5.41, 5.74) is 1.96. The van der Waals surface area contributed by atoms with Crippen molar-refractivity contribution in [3.8, 4) is 11.8 Å². The maximum absolute atomic E-state index is 8.82. The van der Waals surface area contributed by atoms with Crippen LogP contribution in [-0.4, -0.2) is 18.6 Å².